The lowest BCUT2D eigenvalue weighted by molar-refractivity contribution is -0.00833. The second-order valence-electron chi connectivity index (χ2n) is 11.3. The Labute approximate surface area is 251 Å². The van der Waals surface area contributed by atoms with Crippen molar-refractivity contribution in [3.63, 3.8) is 0 Å². The van der Waals surface area contributed by atoms with Gasteiger partial charge in [-0.1, -0.05) is 6.92 Å². The minimum atomic E-state index is -3.80. The molecule has 0 spiro atoms. The molecule has 0 aromatic heterocycles. The summed E-state index contributed by atoms with van der Waals surface area (Å²) in [5, 5.41) is 10.1. The van der Waals surface area contributed by atoms with Gasteiger partial charge in [0.25, 0.3) is 5.91 Å². The van der Waals surface area contributed by atoms with Crippen molar-refractivity contribution in [1.82, 2.24) is 9.21 Å². The molecule has 3 rings (SSSR count). The van der Waals surface area contributed by atoms with Crippen molar-refractivity contribution in [2.24, 2.45) is 5.92 Å². The summed E-state index contributed by atoms with van der Waals surface area (Å²) in [7, 11) is 3.09. The van der Waals surface area contributed by atoms with Crippen molar-refractivity contribution in [2.45, 2.75) is 63.2 Å². The van der Waals surface area contributed by atoms with Gasteiger partial charge in [0.2, 0.25) is 10.0 Å². The molecule has 1 aliphatic rings. The number of nitrogens with zero attached hydrogens (tertiary/aromatic N) is 3. The van der Waals surface area contributed by atoms with Crippen molar-refractivity contribution < 1.29 is 32.5 Å². The van der Waals surface area contributed by atoms with E-state index in [9.17, 15) is 18.3 Å². The minimum Gasteiger partial charge on any atom is -0.497 e. The number of carbonyl (C=O) groups excluding carboxylic acids is 1. The number of amides is 1. The maximum atomic E-state index is 14.1. The van der Waals surface area contributed by atoms with E-state index in [1.807, 2.05) is 51.0 Å². The molecule has 234 valence electrons. The van der Waals surface area contributed by atoms with Crippen molar-refractivity contribution in [1.29, 1.82) is 0 Å². The van der Waals surface area contributed by atoms with Gasteiger partial charge in [-0.25, -0.2) is 8.42 Å². The number of rotatable bonds is 8. The number of aliphatic hydroxyl groups excluding tert-OH is 1. The highest BCUT2D eigenvalue weighted by atomic mass is 32.2. The molecule has 0 fully saturated rings. The molecular weight excluding hydrogens is 558 g/mol. The molecule has 4 atom stereocenters. The Balaban J connectivity index is 1.95. The third-order valence-corrected chi connectivity index (χ3v) is 9.59. The van der Waals surface area contributed by atoms with Crippen LogP contribution in [0.1, 0.15) is 50.4 Å². The van der Waals surface area contributed by atoms with Crippen molar-refractivity contribution >= 4 is 21.6 Å². The van der Waals surface area contributed by atoms with Gasteiger partial charge in [-0.2, -0.15) is 4.31 Å². The van der Waals surface area contributed by atoms with E-state index in [1.165, 1.54) is 30.6 Å². The fraction of sp³-hybridized carbons (Fsp3) is 0.581. The van der Waals surface area contributed by atoms with Crippen LogP contribution in [0.4, 0.5) is 5.69 Å². The lowest BCUT2D eigenvalue weighted by Gasteiger charge is -2.35. The van der Waals surface area contributed by atoms with Gasteiger partial charge >= 0.3 is 0 Å². The second-order valence-corrected chi connectivity index (χ2v) is 13.4. The molecule has 0 aliphatic carbocycles. The highest BCUT2D eigenvalue weighted by Crippen LogP contribution is 2.29. The van der Waals surface area contributed by atoms with E-state index in [1.54, 1.807) is 24.0 Å². The Bertz CT molecular complexity index is 1270. The number of hydrogen-bond donors (Lipinski definition) is 1. The molecule has 2 aromatic rings. The van der Waals surface area contributed by atoms with E-state index in [0.717, 1.165) is 24.9 Å². The molecule has 1 aliphatic heterocycles. The number of hydrogen-bond acceptors (Lipinski definition) is 8. The summed E-state index contributed by atoms with van der Waals surface area (Å²) in [4.78, 5) is 17.8. The summed E-state index contributed by atoms with van der Waals surface area (Å²) >= 11 is 0. The number of aliphatic hydroxyl groups is 1. The van der Waals surface area contributed by atoms with Crippen LogP contribution in [0.15, 0.2) is 47.4 Å². The Kier molecular flexibility index (Phi) is 12.0. The van der Waals surface area contributed by atoms with Gasteiger partial charge in [0.1, 0.15) is 11.5 Å². The van der Waals surface area contributed by atoms with Crippen LogP contribution in [0.3, 0.4) is 0 Å². The van der Waals surface area contributed by atoms with Crippen molar-refractivity contribution in [3.05, 3.63) is 48.0 Å². The van der Waals surface area contributed by atoms with E-state index in [0.29, 0.717) is 23.7 Å². The predicted octanol–water partition coefficient (Wildman–Crippen LogP) is 3.88. The van der Waals surface area contributed by atoms with Gasteiger partial charge in [-0.3, -0.25) is 4.79 Å². The van der Waals surface area contributed by atoms with Crippen LogP contribution in [0.5, 0.6) is 11.5 Å². The standard InChI is InChI=1S/C31H47N3O7S/c1-22-19-34(23(2)21-35)31(36)28-18-25(32(4)5)11-16-29(28)41-24(3)10-8-9-17-40-30(22)20-33(6)42(37,38)27-14-12-26(39-7)13-15-27/h11-16,18,22-24,30,35H,8-10,17,19-21H2,1-7H3/t22-,23-,24-,30-/m0/s1. The predicted molar refractivity (Wildman–Crippen MR) is 164 cm³/mol. The van der Waals surface area contributed by atoms with Crippen LogP contribution in [-0.2, 0) is 14.8 Å². The first-order valence-corrected chi connectivity index (χ1v) is 15.9. The smallest absolute Gasteiger partial charge is 0.258 e. The van der Waals surface area contributed by atoms with Gasteiger partial charge in [-0.05, 0) is 75.6 Å². The SMILES string of the molecule is COc1ccc(S(=O)(=O)N(C)C[C@@H]2OCCCC[C@H](C)Oc3ccc(N(C)C)cc3C(=O)N([C@@H](C)CO)C[C@@H]2C)cc1. The van der Waals surface area contributed by atoms with E-state index in [4.69, 9.17) is 14.2 Å². The Morgan fingerprint density at radius 3 is 2.40 bits per heavy atom. The second kappa shape index (κ2) is 15.0. The molecule has 0 saturated carbocycles. The van der Waals surface area contributed by atoms with Gasteiger partial charge in [-0.15, -0.1) is 0 Å². The lowest BCUT2D eigenvalue weighted by Crippen LogP contribution is -2.48. The summed E-state index contributed by atoms with van der Waals surface area (Å²) in [6, 6.07) is 11.4. The van der Waals surface area contributed by atoms with Crippen molar-refractivity contribution in [2.75, 3.05) is 59.5 Å². The maximum absolute atomic E-state index is 14.1. The average molecular weight is 606 g/mol. The number of carbonyl (C=O) groups is 1. The van der Waals surface area contributed by atoms with E-state index >= 15 is 0 Å². The van der Waals surface area contributed by atoms with Crippen LogP contribution in [0, 0.1) is 5.92 Å². The number of likely N-dealkylation sites (N-methyl/N-ethyl adjacent to an activating group) is 1. The fourth-order valence-corrected chi connectivity index (χ4v) is 6.11. The summed E-state index contributed by atoms with van der Waals surface area (Å²) in [5.41, 5.74) is 1.28. The highest BCUT2D eigenvalue weighted by Gasteiger charge is 2.32. The Morgan fingerprint density at radius 1 is 1.10 bits per heavy atom. The number of benzene rings is 2. The zero-order valence-electron chi connectivity index (χ0n) is 25.9. The third kappa shape index (κ3) is 8.37. The minimum absolute atomic E-state index is 0.103. The maximum Gasteiger partial charge on any atom is 0.258 e. The molecular formula is C31H47N3O7S. The topological polar surface area (TPSA) is 109 Å². The lowest BCUT2D eigenvalue weighted by atomic mass is 10.0. The van der Waals surface area contributed by atoms with Gasteiger partial charge in [0.05, 0.1) is 42.4 Å². The number of sulfonamides is 1. The summed E-state index contributed by atoms with van der Waals surface area (Å²) in [6.07, 6.45) is 1.80. The number of ether oxygens (including phenoxy) is 3. The van der Waals surface area contributed by atoms with Crippen LogP contribution < -0.4 is 14.4 Å². The monoisotopic (exact) mass is 605 g/mol. The molecule has 0 unspecified atom stereocenters. The van der Waals surface area contributed by atoms with E-state index in [-0.39, 0.29) is 42.5 Å². The van der Waals surface area contributed by atoms with Gasteiger partial charge in [0.15, 0.2) is 0 Å². The largest absolute Gasteiger partial charge is 0.497 e. The van der Waals surface area contributed by atoms with E-state index < -0.39 is 22.2 Å². The van der Waals surface area contributed by atoms with Crippen LogP contribution in [0.25, 0.3) is 0 Å². The molecule has 1 heterocycles. The molecule has 0 bridgehead atoms. The third-order valence-electron chi connectivity index (χ3n) is 7.76. The molecule has 11 heteroatoms. The molecule has 0 radical (unpaired) electrons. The highest BCUT2D eigenvalue weighted by molar-refractivity contribution is 7.89. The summed E-state index contributed by atoms with van der Waals surface area (Å²) < 4.78 is 45.9. The summed E-state index contributed by atoms with van der Waals surface area (Å²) in [6.45, 7) is 6.31. The van der Waals surface area contributed by atoms with Crippen LogP contribution in [0.2, 0.25) is 0 Å². The van der Waals surface area contributed by atoms with Gasteiger partial charge < -0.3 is 29.1 Å². The van der Waals surface area contributed by atoms with Crippen LogP contribution >= 0.6 is 0 Å². The molecule has 42 heavy (non-hydrogen) atoms. The average Bonchev–Trinajstić information content (AvgIpc) is 2.97. The van der Waals surface area contributed by atoms with E-state index in [2.05, 4.69) is 0 Å². The molecule has 1 N–H and O–H groups in total. The number of methoxy groups -OCH3 is 1. The summed E-state index contributed by atoms with van der Waals surface area (Å²) in [5.74, 6) is 0.571. The zero-order valence-corrected chi connectivity index (χ0v) is 26.8. The van der Waals surface area contributed by atoms with Gasteiger partial charge in [0, 0.05) is 52.4 Å². The van der Waals surface area contributed by atoms with Crippen molar-refractivity contribution in [3.8, 4) is 11.5 Å². The molecule has 2 aromatic carbocycles. The molecule has 10 nitrogen and oxygen atoms in total. The normalized spacial score (nSPS) is 21.7. The number of anilines is 1. The quantitative estimate of drug-likeness (QED) is 0.483. The Hall–Kier alpha value is -2.86. The zero-order chi connectivity index (χ0) is 31.0. The first kappa shape index (κ1) is 33.6. The molecule has 1 amide bonds. The first-order chi connectivity index (χ1) is 19.9. The first-order valence-electron chi connectivity index (χ1n) is 14.5. The number of fused-ring (bicyclic) bond motifs is 1. The van der Waals surface area contributed by atoms with Crippen LogP contribution in [-0.4, -0.2) is 101 Å². The Morgan fingerprint density at radius 2 is 1.79 bits per heavy atom. The fourth-order valence-electron chi connectivity index (χ4n) is 4.93. The molecule has 0 saturated heterocycles.